The molecule has 9 rings (SSSR count). The third kappa shape index (κ3) is 8.22. The summed E-state index contributed by atoms with van der Waals surface area (Å²) >= 11 is 0. The van der Waals surface area contributed by atoms with E-state index < -0.39 is 17.7 Å². The number of aromatic nitrogens is 6. The Hall–Kier alpha value is -7.60. The van der Waals surface area contributed by atoms with E-state index in [0.717, 1.165) is 76.6 Å². The molecule has 6 aromatic carbocycles. The number of tetrazole rings is 1. The molecular formula is C52H48N6O6. The molecule has 2 heterocycles. The summed E-state index contributed by atoms with van der Waals surface area (Å²) in [6.45, 7) is 2.25. The second-order valence-electron chi connectivity index (χ2n) is 15.9. The van der Waals surface area contributed by atoms with Crippen LogP contribution >= 0.6 is 0 Å². The van der Waals surface area contributed by atoms with Crippen LogP contribution in [0.2, 0.25) is 0 Å². The molecular weight excluding hydrogens is 805 g/mol. The van der Waals surface area contributed by atoms with Gasteiger partial charge >= 0.3 is 12.1 Å². The molecule has 0 unspecified atom stereocenters. The second-order valence-corrected chi connectivity index (χ2v) is 15.9. The van der Waals surface area contributed by atoms with Crippen molar-refractivity contribution >= 4 is 23.2 Å². The summed E-state index contributed by atoms with van der Waals surface area (Å²) in [5.74, 6) is -0.495. The first-order valence-electron chi connectivity index (χ1n) is 21.8. The first-order valence-corrected chi connectivity index (χ1v) is 21.8. The van der Waals surface area contributed by atoms with Crippen molar-refractivity contribution in [3.63, 3.8) is 0 Å². The maximum absolute atomic E-state index is 12.6. The number of carboxylic acid groups (broad SMARTS) is 1. The maximum atomic E-state index is 12.6. The van der Waals surface area contributed by atoms with Gasteiger partial charge in [-0.25, -0.2) is 14.3 Å². The zero-order valence-corrected chi connectivity index (χ0v) is 35.5. The van der Waals surface area contributed by atoms with Gasteiger partial charge in [0, 0.05) is 5.56 Å². The molecule has 0 aliphatic heterocycles. The van der Waals surface area contributed by atoms with E-state index in [2.05, 4.69) is 78.0 Å². The van der Waals surface area contributed by atoms with Gasteiger partial charge in [-0.2, -0.15) is 4.98 Å². The lowest BCUT2D eigenvalue weighted by molar-refractivity contribution is 0.00966. The topological polar surface area (TPSA) is 143 Å². The largest absolute Gasteiger partial charge is 0.508 e. The van der Waals surface area contributed by atoms with E-state index in [9.17, 15) is 14.7 Å². The monoisotopic (exact) mass is 852 g/mol. The Morgan fingerprint density at radius 2 is 1.34 bits per heavy atom. The zero-order valence-electron chi connectivity index (χ0n) is 35.5. The van der Waals surface area contributed by atoms with Gasteiger partial charge in [0.15, 0.2) is 5.82 Å². The van der Waals surface area contributed by atoms with Crippen LogP contribution in [0.25, 0.3) is 33.5 Å². The Bertz CT molecular complexity index is 2760. The molecule has 12 nitrogen and oxygen atoms in total. The fourth-order valence-electron chi connectivity index (χ4n) is 9.04. The van der Waals surface area contributed by atoms with Crippen LogP contribution < -0.4 is 4.74 Å². The average Bonchev–Trinajstić information content (AvgIpc) is 3.97. The molecule has 0 bridgehead atoms. The van der Waals surface area contributed by atoms with Crippen molar-refractivity contribution in [3.8, 4) is 28.5 Å². The highest BCUT2D eigenvalue weighted by Gasteiger charge is 2.42. The standard InChI is InChI=1S/C52H48N6O6/c1-2-62-50-53-46-38(31-32-45(49(59)60)47(46)57(50)33-34-63-51(61)64-42-23-13-6-14-24-42)35-36-27-29-37(30-28-36)43-25-15-16-26-44(43)48-54-55-56-58(48)52(39-17-7-3-8-18-39,40-19-9-4-10-20-40)41-21-11-5-12-22-41/h3-5,7-12,15-22,25-32,42H,2,6,13-14,23-24,33-35H2,1H3,(H,59,60). The molecule has 0 radical (unpaired) electrons. The smallest absolute Gasteiger partial charge is 0.478 e. The number of imidazole rings is 1. The highest BCUT2D eigenvalue weighted by Crippen LogP contribution is 2.43. The molecule has 2 aromatic heterocycles. The number of hydrogen-bond donors (Lipinski definition) is 1. The zero-order chi connectivity index (χ0) is 43.9. The Labute approximate surface area is 371 Å². The van der Waals surface area contributed by atoms with E-state index in [1.54, 1.807) is 16.7 Å². The van der Waals surface area contributed by atoms with Gasteiger partial charge in [0.05, 0.1) is 29.7 Å². The van der Waals surface area contributed by atoms with Crippen molar-refractivity contribution in [1.29, 1.82) is 0 Å². The third-order valence-electron chi connectivity index (χ3n) is 12.0. The second kappa shape index (κ2) is 18.8. The van der Waals surface area contributed by atoms with E-state index >= 15 is 0 Å². The number of fused-ring (bicyclic) bond motifs is 1. The molecule has 1 aliphatic rings. The fourth-order valence-corrected chi connectivity index (χ4v) is 9.04. The third-order valence-corrected chi connectivity index (χ3v) is 12.0. The first kappa shape index (κ1) is 41.7. The molecule has 0 atom stereocenters. The lowest BCUT2D eigenvalue weighted by Crippen LogP contribution is -2.39. The predicted molar refractivity (Wildman–Crippen MR) is 243 cm³/mol. The predicted octanol–water partition coefficient (Wildman–Crippen LogP) is 10.4. The highest BCUT2D eigenvalue weighted by molar-refractivity contribution is 6.02. The Morgan fingerprint density at radius 1 is 0.734 bits per heavy atom. The molecule has 64 heavy (non-hydrogen) atoms. The number of hydrogen-bond acceptors (Lipinski definition) is 9. The number of ether oxygens (including phenoxy) is 3. The average molecular weight is 853 g/mol. The van der Waals surface area contributed by atoms with E-state index in [0.29, 0.717) is 29.9 Å². The fraction of sp³-hybridized carbons (Fsp3) is 0.231. The van der Waals surface area contributed by atoms with Gasteiger partial charge in [0.1, 0.15) is 18.2 Å². The van der Waals surface area contributed by atoms with Gasteiger partial charge in [-0.1, -0.05) is 152 Å². The van der Waals surface area contributed by atoms with Crippen molar-refractivity contribution in [2.75, 3.05) is 13.2 Å². The number of carboxylic acids is 1. The lowest BCUT2D eigenvalue weighted by atomic mass is 9.77. The number of benzene rings is 6. The Morgan fingerprint density at radius 3 is 1.95 bits per heavy atom. The van der Waals surface area contributed by atoms with Gasteiger partial charge in [-0.15, -0.1) is 5.10 Å². The Kier molecular flexibility index (Phi) is 12.3. The summed E-state index contributed by atoms with van der Waals surface area (Å²) in [7, 11) is 0. The van der Waals surface area contributed by atoms with Crippen LogP contribution in [0.1, 0.15) is 77.2 Å². The van der Waals surface area contributed by atoms with Gasteiger partial charge in [-0.3, -0.25) is 4.57 Å². The van der Waals surface area contributed by atoms with Crippen LogP contribution in [-0.4, -0.2) is 66.3 Å². The van der Waals surface area contributed by atoms with E-state index in [-0.39, 0.29) is 30.8 Å². The lowest BCUT2D eigenvalue weighted by Gasteiger charge is -2.36. The minimum absolute atomic E-state index is 0.0402. The van der Waals surface area contributed by atoms with E-state index in [1.165, 1.54) is 0 Å². The van der Waals surface area contributed by atoms with Gasteiger partial charge < -0.3 is 19.3 Å². The highest BCUT2D eigenvalue weighted by atomic mass is 16.7. The molecule has 0 spiro atoms. The number of carbonyl (C=O) groups excluding carboxylic acids is 1. The summed E-state index contributed by atoms with van der Waals surface area (Å²) in [5.41, 5.74) is 7.69. The molecule has 322 valence electrons. The molecule has 0 saturated heterocycles. The number of aromatic carboxylic acids is 1. The molecule has 12 heteroatoms. The minimum Gasteiger partial charge on any atom is -0.478 e. The summed E-state index contributed by atoms with van der Waals surface area (Å²) in [4.78, 5) is 30.0. The summed E-state index contributed by atoms with van der Waals surface area (Å²) in [6, 6.07) is 51.1. The quantitative estimate of drug-likeness (QED) is 0.0782. The molecule has 1 saturated carbocycles. The maximum Gasteiger partial charge on any atom is 0.508 e. The first-order chi connectivity index (χ1) is 31.4. The molecule has 1 fully saturated rings. The van der Waals surface area contributed by atoms with Crippen molar-refractivity contribution < 1.29 is 28.9 Å². The Balaban J connectivity index is 1.04. The van der Waals surface area contributed by atoms with E-state index in [1.807, 2.05) is 78.3 Å². The van der Waals surface area contributed by atoms with Crippen LogP contribution in [0.5, 0.6) is 6.01 Å². The van der Waals surface area contributed by atoms with Gasteiger partial charge in [-0.05, 0) is 94.5 Å². The van der Waals surface area contributed by atoms with Gasteiger partial charge in [0.2, 0.25) is 0 Å². The summed E-state index contributed by atoms with van der Waals surface area (Å²) in [5, 5.41) is 24.1. The van der Waals surface area contributed by atoms with Crippen LogP contribution in [0.3, 0.4) is 0 Å². The number of nitrogens with zero attached hydrogens (tertiary/aromatic N) is 6. The summed E-state index contributed by atoms with van der Waals surface area (Å²) in [6.07, 6.45) is 4.47. The van der Waals surface area contributed by atoms with Crippen molar-refractivity contribution in [2.24, 2.45) is 0 Å². The van der Waals surface area contributed by atoms with Crippen LogP contribution in [0.15, 0.2) is 152 Å². The minimum atomic E-state index is -1.10. The van der Waals surface area contributed by atoms with Crippen molar-refractivity contribution in [3.05, 3.63) is 185 Å². The van der Waals surface area contributed by atoms with Crippen LogP contribution in [0, 0.1) is 0 Å². The van der Waals surface area contributed by atoms with Crippen LogP contribution in [0.4, 0.5) is 4.79 Å². The number of rotatable bonds is 15. The van der Waals surface area contributed by atoms with E-state index in [4.69, 9.17) is 29.5 Å². The van der Waals surface area contributed by atoms with Crippen molar-refractivity contribution in [2.45, 2.75) is 63.6 Å². The van der Waals surface area contributed by atoms with Crippen LogP contribution in [-0.2, 0) is 28.0 Å². The number of carbonyl (C=O) groups is 2. The molecule has 8 aromatic rings. The van der Waals surface area contributed by atoms with Crippen molar-refractivity contribution in [1.82, 2.24) is 29.8 Å². The summed E-state index contributed by atoms with van der Waals surface area (Å²) < 4.78 is 20.5. The normalized spacial score (nSPS) is 13.1. The molecule has 1 N–H and O–H groups in total. The SMILES string of the molecule is CCOc1nc2c(Cc3ccc(-c4ccccc4-c4nnnn4C(c4ccccc4)(c4ccccc4)c4ccccc4)cc3)ccc(C(=O)O)c2n1CCOC(=O)OC1CCCCC1. The molecule has 1 aliphatic carbocycles. The molecule has 0 amide bonds. The van der Waals surface area contributed by atoms with Gasteiger partial charge in [0.25, 0.3) is 6.01 Å².